The summed E-state index contributed by atoms with van der Waals surface area (Å²) in [5.74, 6) is -0.152. The van der Waals surface area contributed by atoms with Crippen molar-refractivity contribution in [2.24, 2.45) is 0 Å². The first-order valence-electron chi connectivity index (χ1n) is 5.00. The molecule has 0 saturated heterocycles. The summed E-state index contributed by atoms with van der Waals surface area (Å²) in [4.78, 5) is 0. The molecule has 0 aliphatic heterocycles. The molecule has 0 N–H and O–H groups in total. The average molecular weight is 200 g/mol. The lowest BCUT2D eigenvalue weighted by atomic mass is 9.99. The summed E-state index contributed by atoms with van der Waals surface area (Å²) in [5, 5.41) is 0. The van der Waals surface area contributed by atoms with Gasteiger partial charge in [-0.2, -0.15) is 0 Å². The molecule has 0 saturated carbocycles. The van der Waals surface area contributed by atoms with Gasteiger partial charge in [-0.25, -0.2) is 4.39 Å². The molecule has 2 rings (SSSR count). The largest absolute Gasteiger partial charge is 0.206 e. The lowest BCUT2D eigenvalue weighted by Crippen LogP contribution is -1.88. The zero-order valence-corrected chi connectivity index (χ0v) is 8.92. The number of benzene rings is 2. The van der Waals surface area contributed by atoms with Crippen LogP contribution >= 0.6 is 0 Å². The lowest BCUT2D eigenvalue weighted by Gasteiger charge is -2.07. The van der Waals surface area contributed by atoms with Crippen molar-refractivity contribution in [2.75, 3.05) is 0 Å². The van der Waals surface area contributed by atoms with Crippen LogP contribution in [0.15, 0.2) is 42.5 Å². The van der Waals surface area contributed by atoms with Crippen molar-refractivity contribution in [3.05, 3.63) is 59.4 Å². The summed E-state index contributed by atoms with van der Waals surface area (Å²) in [6, 6.07) is 13.1. The first-order valence-corrected chi connectivity index (χ1v) is 5.00. The molecule has 0 radical (unpaired) electrons. The summed E-state index contributed by atoms with van der Waals surface area (Å²) in [6.07, 6.45) is 0. The van der Waals surface area contributed by atoms with Crippen LogP contribution in [0.2, 0.25) is 0 Å². The van der Waals surface area contributed by atoms with Gasteiger partial charge in [0.15, 0.2) is 0 Å². The number of aryl methyl sites for hydroxylation is 2. The molecule has 0 spiro atoms. The molecule has 0 amide bonds. The predicted octanol–water partition coefficient (Wildman–Crippen LogP) is 4.11. The molecule has 0 atom stereocenters. The van der Waals surface area contributed by atoms with Crippen LogP contribution in [0.1, 0.15) is 11.1 Å². The van der Waals surface area contributed by atoms with E-state index in [-0.39, 0.29) is 5.82 Å². The molecule has 76 valence electrons. The summed E-state index contributed by atoms with van der Waals surface area (Å²) in [6.45, 7) is 3.94. The minimum absolute atomic E-state index is 0.152. The fourth-order valence-corrected chi connectivity index (χ4v) is 1.80. The Bertz CT molecular complexity index is 466. The molecule has 0 aliphatic rings. The Hall–Kier alpha value is -1.63. The molecule has 1 heteroatoms. The molecule has 0 unspecified atom stereocenters. The zero-order valence-electron chi connectivity index (χ0n) is 8.92. The van der Waals surface area contributed by atoms with E-state index in [1.54, 1.807) is 6.07 Å². The minimum atomic E-state index is -0.152. The van der Waals surface area contributed by atoms with Crippen LogP contribution in [0.4, 0.5) is 4.39 Å². The maximum atomic E-state index is 13.7. The Labute approximate surface area is 89.4 Å². The number of rotatable bonds is 1. The molecule has 0 bridgehead atoms. The molecular weight excluding hydrogens is 187 g/mol. The average Bonchev–Trinajstić information content (AvgIpc) is 2.17. The molecule has 2 aromatic carbocycles. The van der Waals surface area contributed by atoms with Crippen LogP contribution < -0.4 is 0 Å². The summed E-state index contributed by atoms with van der Waals surface area (Å²) in [7, 11) is 0. The fourth-order valence-electron chi connectivity index (χ4n) is 1.80. The van der Waals surface area contributed by atoms with Crippen molar-refractivity contribution in [2.45, 2.75) is 13.8 Å². The second-order valence-electron chi connectivity index (χ2n) is 3.80. The van der Waals surface area contributed by atoms with Gasteiger partial charge in [-0.1, -0.05) is 42.0 Å². The van der Waals surface area contributed by atoms with Crippen molar-refractivity contribution in [3.63, 3.8) is 0 Å². The molecule has 0 aliphatic carbocycles. The first kappa shape index (κ1) is 9.91. The predicted molar refractivity (Wildman–Crippen MR) is 61.3 cm³/mol. The summed E-state index contributed by atoms with van der Waals surface area (Å²) >= 11 is 0. The molecule has 0 aromatic heterocycles. The van der Waals surface area contributed by atoms with Crippen LogP contribution in [-0.4, -0.2) is 0 Å². The van der Waals surface area contributed by atoms with E-state index < -0.39 is 0 Å². The Balaban J connectivity index is 2.63. The third kappa shape index (κ3) is 1.91. The normalized spacial score (nSPS) is 10.3. The number of hydrogen-bond donors (Lipinski definition) is 0. The minimum Gasteiger partial charge on any atom is -0.206 e. The van der Waals surface area contributed by atoms with Crippen LogP contribution in [0, 0.1) is 19.7 Å². The molecule has 15 heavy (non-hydrogen) atoms. The summed E-state index contributed by atoms with van der Waals surface area (Å²) in [5.41, 5.74) is 3.78. The van der Waals surface area contributed by atoms with Crippen LogP contribution in [0.5, 0.6) is 0 Å². The number of hydrogen-bond acceptors (Lipinski definition) is 0. The van der Waals surface area contributed by atoms with Gasteiger partial charge in [-0.05, 0) is 31.0 Å². The van der Waals surface area contributed by atoms with Gasteiger partial charge in [-0.3, -0.25) is 0 Å². The summed E-state index contributed by atoms with van der Waals surface area (Å²) < 4.78 is 13.7. The van der Waals surface area contributed by atoms with Gasteiger partial charge in [0, 0.05) is 5.56 Å². The van der Waals surface area contributed by atoms with E-state index in [9.17, 15) is 4.39 Å². The van der Waals surface area contributed by atoms with Gasteiger partial charge >= 0.3 is 0 Å². The van der Waals surface area contributed by atoms with Crippen LogP contribution in [0.3, 0.4) is 0 Å². The van der Waals surface area contributed by atoms with Crippen LogP contribution in [0.25, 0.3) is 11.1 Å². The standard InChI is InChI=1S/C14H13F/c1-10-5-3-7-12(9-10)14-11(2)6-4-8-13(14)15/h3-9H,1-2H3. The highest BCUT2D eigenvalue weighted by Gasteiger charge is 2.07. The molecule has 0 nitrogen and oxygen atoms in total. The van der Waals surface area contributed by atoms with Crippen molar-refractivity contribution in [1.82, 2.24) is 0 Å². The van der Waals surface area contributed by atoms with Crippen molar-refractivity contribution in [1.29, 1.82) is 0 Å². The molecule has 2 aromatic rings. The number of halogens is 1. The van der Waals surface area contributed by atoms with Gasteiger partial charge in [0.25, 0.3) is 0 Å². The zero-order chi connectivity index (χ0) is 10.8. The fraction of sp³-hybridized carbons (Fsp3) is 0.143. The second kappa shape index (κ2) is 3.85. The Morgan fingerprint density at radius 2 is 1.67 bits per heavy atom. The van der Waals surface area contributed by atoms with E-state index in [0.29, 0.717) is 5.56 Å². The Morgan fingerprint density at radius 1 is 0.933 bits per heavy atom. The van der Waals surface area contributed by atoms with Gasteiger partial charge in [0.2, 0.25) is 0 Å². The second-order valence-corrected chi connectivity index (χ2v) is 3.80. The van der Waals surface area contributed by atoms with E-state index >= 15 is 0 Å². The monoisotopic (exact) mass is 200 g/mol. The maximum absolute atomic E-state index is 13.7. The smallest absolute Gasteiger partial charge is 0.131 e. The quantitative estimate of drug-likeness (QED) is 0.649. The van der Waals surface area contributed by atoms with Gasteiger partial charge in [0.1, 0.15) is 5.82 Å². The van der Waals surface area contributed by atoms with E-state index in [0.717, 1.165) is 16.7 Å². The molecule has 0 fully saturated rings. The van der Waals surface area contributed by atoms with Crippen molar-refractivity contribution >= 4 is 0 Å². The highest BCUT2D eigenvalue weighted by Crippen LogP contribution is 2.26. The van der Waals surface area contributed by atoms with Gasteiger partial charge in [0.05, 0.1) is 0 Å². The van der Waals surface area contributed by atoms with E-state index in [1.165, 1.54) is 6.07 Å². The Morgan fingerprint density at radius 3 is 2.33 bits per heavy atom. The highest BCUT2D eigenvalue weighted by atomic mass is 19.1. The van der Waals surface area contributed by atoms with Crippen molar-refractivity contribution in [3.8, 4) is 11.1 Å². The Kier molecular flexibility index (Phi) is 2.55. The van der Waals surface area contributed by atoms with Crippen LogP contribution in [-0.2, 0) is 0 Å². The van der Waals surface area contributed by atoms with Crippen molar-refractivity contribution < 1.29 is 4.39 Å². The lowest BCUT2D eigenvalue weighted by molar-refractivity contribution is 0.630. The topological polar surface area (TPSA) is 0 Å². The first-order chi connectivity index (χ1) is 7.18. The van der Waals surface area contributed by atoms with Gasteiger partial charge < -0.3 is 0 Å². The molecular formula is C14H13F. The van der Waals surface area contributed by atoms with E-state index in [4.69, 9.17) is 0 Å². The van der Waals surface area contributed by atoms with E-state index in [1.807, 2.05) is 44.2 Å². The SMILES string of the molecule is Cc1cccc(-c2c(C)cccc2F)c1. The van der Waals surface area contributed by atoms with Gasteiger partial charge in [-0.15, -0.1) is 0 Å². The third-order valence-electron chi connectivity index (χ3n) is 2.53. The molecule has 0 heterocycles. The third-order valence-corrected chi connectivity index (χ3v) is 2.53. The maximum Gasteiger partial charge on any atom is 0.131 e. The highest BCUT2D eigenvalue weighted by molar-refractivity contribution is 5.68. The van der Waals surface area contributed by atoms with E-state index in [2.05, 4.69) is 0 Å².